The number of rotatable bonds is 4. The summed E-state index contributed by atoms with van der Waals surface area (Å²) in [6, 6.07) is 14.9. The molecule has 3 rings (SSSR count). The summed E-state index contributed by atoms with van der Waals surface area (Å²) in [4.78, 5) is 26.1. The van der Waals surface area contributed by atoms with Crippen molar-refractivity contribution in [3.63, 3.8) is 0 Å². The van der Waals surface area contributed by atoms with Crippen LogP contribution >= 0.6 is 11.8 Å². The maximum Gasteiger partial charge on any atom is 0.262 e. The third kappa shape index (κ3) is 3.86. The van der Waals surface area contributed by atoms with E-state index in [1.54, 1.807) is 24.3 Å². The van der Waals surface area contributed by atoms with Gasteiger partial charge in [0.2, 0.25) is 5.91 Å². The van der Waals surface area contributed by atoms with Crippen LogP contribution in [0.3, 0.4) is 0 Å². The van der Waals surface area contributed by atoms with E-state index in [-0.39, 0.29) is 22.3 Å². The first-order valence-corrected chi connectivity index (χ1v) is 9.04. The highest BCUT2D eigenvalue weighted by molar-refractivity contribution is 8.05. The molecule has 2 amide bonds. The molecule has 0 radical (unpaired) electrons. The molecule has 0 spiro atoms. The summed E-state index contributed by atoms with van der Waals surface area (Å²) >= 11 is 1.12. The standard InChI is InChI=1S/C20H16FN3O2S/c1-12-2-8-15(9-3-12)24-19(26)17(10-13-4-6-14(21)7-5-13)27-20(24)16(11-22)18(23)25/h2-9,17H,10H2,1H3,(H2,23,25)/b20-16-/t17-/m1/s1. The van der Waals surface area contributed by atoms with E-state index in [2.05, 4.69) is 0 Å². The number of nitriles is 1. The second kappa shape index (κ2) is 7.64. The van der Waals surface area contributed by atoms with Gasteiger partial charge in [0.15, 0.2) is 0 Å². The van der Waals surface area contributed by atoms with Gasteiger partial charge >= 0.3 is 0 Å². The first-order chi connectivity index (χ1) is 12.9. The molecule has 0 aromatic heterocycles. The second-order valence-electron chi connectivity index (χ2n) is 6.10. The number of anilines is 1. The Bertz CT molecular complexity index is 962. The predicted molar refractivity (Wildman–Crippen MR) is 102 cm³/mol. The summed E-state index contributed by atoms with van der Waals surface area (Å²) in [7, 11) is 0. The Morgan fingerprint density at radius 2 is 1.85 bits per heavy atom. The Morgan fingerprint density at radius 3 is 2.41 bits per heavy atom. The zero-order chi connectivity index (χ0) is 19.6. The lowest BCUT2D eigenvalue weighted by atomic mass is 10.1. The molecule has 1 atom stereocenters. The van der Waals surface area contributed by atoms with Crippen molar-refractivity contribution in [2.75, 3.05) is 4.90 Å². The summed E-state index contributed by atoms with van der Waals surface area (Å²) in [5.41, 5.74) is 7.44. The van der Waals surface area contributed by atoms with Gasteiger partial charge in [-0.2, -0.15) is 5.26 Å². The largest absolute Gasteiger partial charge is 0.365 e. The molecular weight excluding hydrogens is 365 g/mol. The third-order valence-electron chi connectivity index (χ3n) is 4.15. The van der Waals surface area contributed by atoms with E-state index in [0.29, 0.717) is 12.1 Å². The van der Waals surface area contributed by atoms with Crippen molar-refractivity contribution in [2.45, 2.75) is 18.6 Å². The van der Waals surface area contributed by atoms with Crippen molar-refractivity contribution in [1.29, 1.82) is 5.26 Å². The highest BCUT2D eigenvalue weighted by atomic mass is 32.2. The molecule has 0 aliphatic carbocycles. The zero-order valence-corrected chi connectivity index (χ0v) is 15.3. The minimum absolute atomic E-state index is 0.228. The molecule has 2 aromatic carbocycles. The van der Waals surface area contributed by atoms with Crippen molar-refractivity contribution in [3.8, 4) is 6.07 Å². The number of benzene rings is 2. The van der Waals surface area contributed by atoms with E-state index in [1.807, 2.05) is 25.1 Å². The van der Waals surface area contributed by atoms with Crippen LogP contribution in [0.25, 0.3) is 0 Å². The van der Waals surface area contributed by atoms with Crippen molar-refractivity contribution >= 4 is 29.3 Å². The first-order valence-electron chi connectivity index (χ1n) is 8.16. The van der Waals surface area contributed by atoms with E-state index < -0.39 is 11.2 Å². The summed E-state index contributed by atoms with van der Waals surface area (Å²) in [5.74, 6) is -1.49. The SMILES string of the molecule is Cc1ccc(N2C(=O)[C@@H](Cc3ccc(F)cc3)S/C2=C(/C#N)C(N)=O)cc1. The van der Waals surface area contributed by atoms with Gasteiger partial charge in [-0.25, -0.2) is 4.39 Å². The van der Waals surface area contributed by atoms with Gasteiger partial charge in [-0.05, 0) is 43.2 Å². The lowest BCUT2D eigenvalue weighted by molar-refractivity contribution is -0.117. The molecule has 0 unspecified atom stereocenters. The highest BCUT2D eigenvalue weighted by Crippen LogP contribution is 2.41. The molecule has 136 valence electrons. The maximum absolute atomic E-state index is 13.1. The summed E-state index contributed by atoms with van der Waals surface area (Å²) in [6.45, 7) is 1.92. The summed E-state index contributed by atoms with van der Waals surface area (Å²) in [6.07, 6.45) is 0.340. The van der Waals surface area contributed by atoms with Gasteiger partial charge in [0.25, 0.3) is 5.91 Å². The highest BCUT2D eigenvalue weighted by Gasteiger charge is 2.40. The lowest BCUT2D eigenvalue weighted by Crippen LogP contribution is -2.31. The van der Waals surface area contributed by atoms with Crippen molar-refractivity contribution < 1.29 is 14.0 Å². The number of hydrogen-bond donors (Lipinski definition) is 1. The third-order valence-corrected chi connectivity index (χ3v) is 5.41. The quantitative estimate of drug-likeness (QED) is 0.651. The molecule has 7 heteroatoms. The van der Waals surface area contributed by atoms with Crippen LogP contribution in [-0.2, 0) is 16.0 Å². The molecular formula is C20H16FN3O2S. The van der Waals surface area contributed by atoms with Gasteiger partial charge in [0.05, 0.1) is 5.25 Å². The monoisotopic (exact) mass is 381 g/mol. The number of nitrogens with two attached hydrogens (primary N) is 1. The Balaban J connectivity index is 2.01. The Morgan fingerprint density at radius 1 is 1.22 bits per heavy atom. The van der Waals surface area contributed by atoms with Crippen LogP contribution in [0, 0.1) is 24.1 Å². The Hall–Kier alpha value is -3.11. The molecule has 1 aliphatic heterocycles. The Kier molecular flexibility index (Phi) is 5.28. The fourth-order valence-corrected chi connectivity index (χ4v) is 4.08. The van der Waals surface area contributed by atoms with Gasteiger partial charge in [-0.1, -0.05) is 41.6 Å². The maximum atomic E-state index is 13.1. The predicted octanol–water partition coefficient (Wildman–Crippen LogP) is 3.05. The molecule has 2 aromatic rings. The molecule has 27 heavy (non-hydrogen) atoms. The van der Waals surface area contributed by atoms with Gasteiger partial charge in [0.1, 0.15) is 22.5 Å². The van der Waals surface area contributed by atoms with Crippen molar-refractivity contribution in [1.82, 2.24) is 0 Å². The minimum Gasteiger partial charge on any atom is -0.365 e. The molecule has 1 saturated heterocycles. The second-order valence-corrected chi connectivity index (χ2v) is 7.29. The normalized spacial score (nSPS) is 18.3. The zero-order valence-electron chi connectivity index (χ0n) is 14.5. The summed E-state index contributed by atoms with van der Waals surface area (Å²) in [5, 5.41) is 9.04. The van der Waals surface area contributed by atoms with Gasteiger partial charge in [0, 0.05) is 5.69 Å². The van der Waals surface area contributed by atoms with Gasteiger partial charge in [-0.3, -0.25) is 14.5 Å². The van der Waals surface area contributed by atoms with E-state index >= 15 is 0 Å². The van der Waals surface area contributed by atoms with E-state index in [9.17, 15) is 19.2 Å². The Labute approximate surface area is 160 Å². The number of carbonyl (C=O) groups excluding carboxylic acids is 2. The smallest absolute Gasteiger partial charge is 0.262 e. The molecule has 0 bridgehead atoms. The van der Waals surface area contributed by atoms with Crippen molar-refractivity contribution in [2.24, 2.45) is 5.73 Å². The van der Waals surface area contributed by atoms with Crippen LogP contribution in [-0.4, -0.2) is 17.1 Å². The number of aryl methyl sites for hydroxylation is 1. The minimum atomic E-state index is -0.882. The number of amides is 2. The molecule has 5 nitrogen and oxygen atoms in total. The fraction of sp³-hybridized carbons (Fsp3) is 0.150. The average Bonchev–Trinajstić information content (AvgIpc) is 2.94. The number of carbonyl (C=O) groups is 2. The van der Waals surface area contributed by atoms with Crippen molar-refractivity contribution in [3.05, 3.63) is 76.1 Å². The van der Waals surface area contributed by atoms with Crippen LogP contribution in [0.1, 0.15) is 11.1 Å². The van der Waals surface area contributed by atoms with Gasteiger partial charge in [-0.15, -0.1) is 0 Å². The average molecular weight is 381 g/mol. The van der Waals surface area contributed by atoms with Crippen LogP contribution < -0.4 is 10.6 Å². The van der Waals surface area contributed by atoms with Crippen LogP contribution in [0.4, 0.5) is 10.1 Å². The number of thioether (sulfide) groups is 1. The first kappa shape index (κ1) is 18.7. The molecule has 1 heterocycles. The van der Waals surface area contributed by atoms with Gasteiger partial charge < -0.3 is 5.73 Å². The lowest BCUT2D eigenvalue weighted by Gasteiger charge is -2.18. The van der Waals surface area contributed by atoms with E-state index in [0.717, 1.165) is 22.9 Å². The number of halogens is 1. The van der Waals surface area contributed by atoms with Crippen LogP contribution in [0.5, 0.6) is 0 Å². The number of hydrogen-bond acceptors (Lipinski definition) is 4. The van der Waals surface area contributed by atoms with Crippen LogP contribution in [0.2, 0.25) is 0 Å². The topological polar surface area (TPSA) is 87.2 Å². The summed E-state index contributed by atoms with van der Waals surface area (Å²) < 4.78 is 13.1. The van der Waals surface area contributed by atoms with Crippen LogP contribution in [0.15, 0.2) is 59.1 Å². The molecule has 0 saturated carbocycles. The number of primary amides is 1. The number of nitrogens with zero attached hydrogens (tertiary/aromatic N) is 2. The molecule has 2 N–H and O–H groups in total. The fourth-order valence-electron chi connectivity index (χ4n) is 2.76. The van der Waals surface area contributed by atoms with E-state index in [1.165, 1.54) is 17.0 Å². The van der Waals surface area contributed by atoms with E-state index in [4.69, 9.17) is 5.73 Å². The molecule has 1 aliphatic rings. The molecule has 1 fully saturated rings.